The summed E-state index contributed by atoms with van der Waals surface area (Å²) in [6.07, 6.45) is 26.4. The Kier molecular flexibility index (Phi) is 5.43. The Bertz CT molecular complexity index is 1990. The highest BCUT2D eigenvalue weighted by Crippen LogP contribution is 2.80. The highest BCUT2D eigenvalue weighted by molar-refractivity contribution is 8.37. The van der Waals surface area contributed by atoms with Crippen molar-refractivity contribution in [2.45, 2.75) is 82.4 Å². The second kappa shape index (κ2) is 9.17. The van der Waals surface area contributed by atoms with Crippen LogP contribution in [0.2, 0.25) is 0 Å². The van der Waals surface area contributed by atoms with E-state index in [0.717, 1.165) is 30.6 Å². The fourth-order valence-corrected chi connectivity index (χ4v) is 15.6. The van der Waals surface area contributed by atoms with Crippen LogP contribution in [-0.2, 0) is 12.8 Å². The smallest absolute Gasteiger partial charge is 0.135 e. The van der Waals surface area contributed by atoms with Gasteiger partial charge in [-0.1, -0.05) is 56.4 Å². The molecule has 10 rings (SSSR count). The number of rotatable bonds is 2. The first kappa shape index (κ1) is 26.1. The molecule has 1 aromatic carbocycles. The van der Waals surface area contributed by atoms with Gasteiger partial charge in [-0.15, -0.1) is 0 Å². The van der Waals surface area contributed by atoms with Gasteiger partial charge in [-0.05, 0) is 108 Å². The summed E-state index contributed by atoms with van der Waals surface area (Å²) in [5.74, 6) is 4.54. The highest BCUT2D eigenvalue weighted by atomic mass is 32.3. The molecule has 44 heavy (non-hydrogen) atoms. The summed E-state index contributed by atoms with van der Waals surface area (Å²) in [6.45, 7) is 4.79. The molecule has 224 valence electrons. The van der Waals surface area contributed by atoms with E-state index in [4.69, 9.17) is 10.2 Å². The van der Waals surface area contributed by atoms with E-state index in [0.29, 0.717) is 11.2 Å². The zero-order valence-electron chi connectivity index (χ0n) is 26.0. The van der Waals surface area contributed by atoms with Gasteiger partial charge in [-0.2, -0.15) is 0 Å². The minimum Gasteiger partial charge on any atom is -0.456 e. The number of nitrogens with two attached hydrogens (primary N) is 1. The molecule has 5 atom stereocenters. The van der Waals surface area contributed by atoms with Crippen LogP contribution in [0.1, 0.15) is 103 Å². The summed E-state index contributed by atoms with van der Waals surface area (Å²) in [4.78, 5) is 1.90. The first-order chi connectivity index (χ1) is 21.6. The van der Waals surface area contributed by atoms with Gasteiger partial charge in [0, 0.05) is 56.8 Å². The van der Waals surface area contributed by atoms with E-state index >= 15 is 0 Å². The molecule has 4 heteroatoms. The number of benzene rings is 1. The topological polar surface area (TPSA) is 44.1 Å². The van der Waals surface area contributed by atoms with E-state index in [1.165, 1.54) is 65.7 Å². The Morgan fingerprint density at radius 1 is 1.02 bits per heavy atom. The van der Waals surface area contributed by atoms with Gasteiger partial charge in [0.2, 0.25) is 0 Å². The second-order valence-corrected chi connectivity index (χ2v) is 17.9. The van der Waals surface area contributed by atoms with Gasteiger partial charge >= 0.3 is 0 Å². The molecule has 0 saturated carbocycles. The van der Waals surface area contributed by atoms with Gasteiger partial charge in [0.05, 0.1) is 5.70 Å². The summed E-state index contributed by atoms with van der Waals surface area (Å²) >= 11 is 0. The lowest BCUT2D eigenvalue weighted by atomic mass is 9.79. The predicted molar refractivity (Wildman–Crippen MR) is 187 cm³/mol. The van der Waals surface area contributed by atoms with Crippen LogP contribution in [-0.4, -0.2) is 22.1 Å². The third-order valence-corrected chi connectivity index (χ3v) is 17.1. The molecule has 0 saturated heterocycles. The first-order valence-electron chi connectivity index (χ1n) is 17.1. The minimum absolute atomic E-state index is 0.0254. The zero-order valence-corrected chi connectivity index (χ0v) is 26.8. The van der Waals surface area contributed by atoms with E-state index in [1.807, 2.05) is 4.91 Å². The Morgan fingerprint density at radius 3 is 2.82 bits per heavy atom. The van der Waals surface area contributed by atoms with Crippen LogP contribution in [0.3, 0.4) is 0 Å². The van der Waals surface area contributed by atoms with Crippen molar-refractivity contribution in [3.8, 4) is 0 Å². The van der Waals surface area contributed by atoms with Crippen LogP contribution in [0.5, 0.6) is 0 Å². The molecular weight excluding hydrogens is 557 g/mol. The fourth-order valence-electron chi connectivity index (χ4n) is 10.3. The normalized spacial score (nSPS) is 31.0. The minimum atomic E-state index is -0.977. The van der Waals surface area contributed by atoms with E-state index < -0.39 is 10.0 Å². The molecule has 7 aliphatic rings. The lowest BCUT2D eigenvalue weighted by Crippen LogP contribution is -2.26. The monoisotopic (exact) mass is 598 g/mol. The van der Waals surface area contributed by atoms with Crippen molar-refractivity contribution in [3.05, 3.63) is 104 Å². The van der Waals surface area contributed by atoms with Crippen molar-refractivity contribution in [2.75, 3.05) is 11.5 Å². The maximum atomic E-state index is 6.52. The SMILES string of the molecule is CC[S@@]12CC3=C(C(c4ccc5oc6c(c5c4)C(C)C(N)C=C6)=CCC3)n3c4c(c5c3C1C(CC5)C1=C2CCC=C1)C=CCC4. The maximum absolute atomic E-state index is 6.52. The number of nitrogens with zero attached hydrogens (tertiary/aromatic N) is 1. The molecular formula is C40H42N2OS. The van der Waals surface area contributed by atoms with Crippen LogP contribution in [0.15, 0.2) is 69.0 Å². The van der Waals surface area contributed by atoms with E-state index in [2.05, 4.69) is 79.1 Å². The molecule has 0 fully saturated rings. The zero-order chi connectivity index (χ0) is 29.3. The van der Waals surface area contributed by atoms with Crippen molar-refractivity contribution < 1.29 is 4.42 Å². The summed E-state index contributed by atoms with van der Waals surface area (Å²) in [5.41, 5.74) is 23.2. The van der Waals surface area contributed by atoms with Gasteiger partial charge in [-0.25, -0.2) is 10.0 Å². The second-order valence-electron chi connectivity index (χ2n) is 14.2. The summed E-state index contributed by atoms with van der Waals surface area (Å²) in [6, 6.07) is 7.02. The maximum Gasteiger partial charge on any atom is 0.135 e. The molecule has 2 aliphatic heterocycles. The number of hydrogen-bond acceptors (Lipinski definition) is 2. The molecule has 5 aliphatic carbocycles. The van der Waals surface area contributed by atoms with Crippen LogP contribution in [0.25, 0.3) is 34.4 Å². The summed E-state index contributed by atoms with van der Waals surface area (Å²) in [7, 11) is -0.977. The van der Waals surface area contributed by atoms with Crippen LogP contribution < -0.4 is 5.73 Å². The summed E-state index contributed by atoms with van der Waals surface area (Å²) in [5, 5.41) is 1.91. The fraction of sp³-hybridized carbons (Fsp3) is 0.400. The van der Waals surface area contributed by atoms with Gasteiger partial charge in [0.1, 0.15) is 11.3 Å². The molecule has 2 aromatic heterocycles. The van der Waals surface area contributed by atoms with E-state index in [-0.39, 0.29) is 12.0 Å². The predicted octanol–water partition coefficient (Wildman–Crippen LogP) is 9.80. The van der Waals surface area contributed by atoms with Gasteiger partial charge in [0.15, 0.2) is 0 Å². The van der Waals surface area contributed by atoms with Crippen molar-refractivity contribution in [2.24, 2.45) is 11.7 Å². The highest BCUT2D eigenvalue weighted by Gasteiger charge is 2.55. The average Bonchev–Trinajstić information content (AvgIpc) is 3.66. The average molecular weight is 599 g/mol. The number of hydrogen-bond donors (Lipinski definition) is 1. The van der Waals surface area contributed by atoms with E-state index in [9.17, 15) is 0 Å². The van der Waals surface area contributed by atoms with Crippen LogP contribution in [0.4, 0.5) is 0 Å². The standard InChI is InChI=1S/C40H42N2OS/c1-3-44-22-25-9-8-12-26(24-15-19-34-31(21-24)37-23(2)32(41)18-20-35(37)43-34)38(25)42-33-13-6-4-10-27(33)29-16-17-30(40(44)39(29)42)28-11-5-7-14-36(28)44/h4-5,10-12,15,18-21,23,30,32,40H,3,6-9,13-14,16-17,22,41H2,1-2H3. The number of furan rings is 1. The van der Waals surface area contributed by atoms with Crippen molar-refractivity contribution >= 4 is 44.4 Å². The third-order valence-electron chi connectivity index (χ3n) is 12.3. The molecule has 4 heterocycles. The van der Waals surface area contributed by atoms with Gasteiger partial charge in [-0.3, -0.25) is 0 Å². The van der Waals surface area contributed by atoms with Crippen molar-refractivity contribution in [3.63, 3.8) is 0 Å². The molecule has 4 unspecified atom stereocenters. The number of allylic oxidation sites excluding steroid dienone is 8. The van der Waals surface area contributed by atoms with Gasteiger partial charge < -0.3 is 14.7 Å². The Hall–Kier alpha value is -3.21. The van der Waals surface area contributed by atoms with Crippen molar-refractivity contribution in [1.82, 2.24) is 4.57 Å². The van der Waals surface area contributed by atoms with Crippen LogP contribution in [0, 0.1) is 5.92 Å². The largest absolute Gasteiger partial charge is 0.456 e. The van der Waals surface area contributed by atoms with E-state index in [1.54, 1.807) is 39.4 Å². The van der Waals surface area contributed by atoms with Crippen LogP contribution >= 0.6 is 10.0 Å². The molecule has 0 bridgehead atoms. The third kappa shape index (κ3) is 3.19. The molecule has 0 radical (unpaired) electrons. The number of aromatic nitrogens is 1. The molecule has 3 aromatic rings. The lowest BCUT2D eigenvalue weighted by Gasteiger charge is -2.46. The Labute approximate surface area is 262 Å². The molecule has 2 N–H and O–H groups in total. The Balaban J connectivity index is 1.23. The Morgan fingerprint density at radius 2 is 1.91 bits per heavy atom. The molecule has 0 amide bonds. The molecule has 0 spiro atoms. The lowest BCUT2D eigenvalue weighted by molar-refractivity contribution is 0.516. The first-order valence-corrected chi connectivity index (χ1v) is 19.2. The summed E-state index contributed by atoms with van der Waals surface area (Å²) < 4.78 is 9.26. The quantitative estimate of drug-likeness (QED) is 0.319. The van der Waals surface area contributed by atoms with Gasteiger partial charge in [0.25, 0.3) is 0 Å². The number of fused-ring (bicyclic) bond motifs is 9. The molecule has 3 nitrogen and oxygen atoms in total. The van der Waals surface area contributed by atoms with Crippen molar-refractivity contribution in [1.29, 1.82) is 0 Å².